The SMILES string of the molecule is COC(=O)/C=C/c1cc(OC)c(OC)c(S(=O)(=O)NCCCN2CC(C)CC(C)C2)c1. The number of piperidine rings is 1. The van der Waals surface area contributed by atoms with Gasteiger partial charge >= 0.3 is 5.97 Å². The number of likely N-dealkylation sites (tertiary alicyclic amines) is 1. The molecule has 0 aromatic heterocycles. The first kappa shape index (κ1) is 25.2. The van der Waals surface area contributed by atoms with Crippen molar-refractivity contribution in [2.75, 3.05) is 47.5 Å². The fraction of sp³-hybridized carbons (Fsp3) is 0.591. The number of carbonyl (C=O) groups excluding carboxylic acids is 1. The van der Waals surface area contributed by atoms with Gasteiger partial charge in [-0.15, -0.1) is 0 Å². The van der Waals surface area contributed by atoms with E-state index in [-0.39, 0.29) is 16.4 Å². The van der Waals surface area contributed by atoms with E-state index in [2.05, 4.69) is 28.2 Å². The molecule has 1 N–H and O–H groups in total. The van der Waals surface area contributed by atoms with E-state index < -0.39 is 16.0 Å². The smallest absolute Gasteiger partial charge is 0.330 e. The van der Waals surface area contributed by atoms with Crippen LogP contribution in [0.3, 0.4) is 0 Å². The lowest BCUT2D eigenvalue weighted by molar-refractivity contribution is -0.134. The average molecular weight is 455 g/mol. The predicted molar refractivity (Wildman–Crippen MR) is 120 cm³/mol. The number of sulfonamides is 1. The minimum absolute atomic E-state index is 0.0425. The number of nitrogens with zero attached hydrogens (tertiary/aromatic N) is 1. The number of ether oxygens (including phenoxy) is 3. The van der Waals surface area contributed by atoms with Crippen LogP contribution >= 0.6 is 0 Å². The molecule has 2 atom stereocenters. The van der Waals surface area contributed by atoms with Gasteiger partial charge in [-0.1, -0.05) is 13.8 Å². The van der Waals surface area contributed by atoms with Crippen LogP contribution in [-0.2, 0) is 19.6 Å². The molecular weight excluding hydrogens is 420 g/mol. The highest BCUT2D eigenvalue weighted by Crippen LogP contribution is 2.36. The monoisotopic (exact) mass is 454 g/mol. The summed E-state index contributed by atoms with van der Waals surface area (Å²) in [5.41, 5.74) is 0.472. The molecule has 1 heterocycles. The zero-order valence-corrected chi connectivity index (χ0v) is 19.8. The fourth-order valence-electron chi connectivity index (χ4n) is 4.04. The number of benzene rings is 1. The molecule has 1 aliphatic heterocycles. The van der Waals surface area contributed by atoms with Gasteiger partial charge in [0.2, 0.25) is 10.0 Å². The van der Waals surface area contributed by atoms with Crippen molar-refractivity contribution in [2.45, 2.75) is 31.6 Å². The van der Waals surface area contributed by atoms with Crippen LogP contribution in [0.15, 0.2) is 23.1 Å². The van der Waals surface area contributed by atoms with Crippen LogP contribution < -0.4 is 14.2 Å². The lowest BCUT2D eigenvalue weighted by Gasteiger charge is -2.34. The van der Waals surface area contributed by atoms with Crippen molar-refractivity contribution < 1.29 is 27.4 Å². The second-order valence-corrected chi connectivity index (χ2v) is 9.80. The van der Waals surface area contributed by atoms with E-state index in [0.29, 0.717) is 30.4 Å². The van der Waals surface area contributed by atoms with Gasteiger partial charge in [-0.25, -0.2) is 17.9 Å². The normalized spacial score (nSPS) is 20.0. The fourth-order valence-corrected chi connectivity index (χ4v) is 5.33. The Morgan fingerprint density at radius 2 is 1.84 bits per heavy atom. The van der Waals surface area contributed by atoms with Gasteiger partial charge in [-0.3, -0.25) is 0 Å². The molecule has 1 aromatic rings. The van der Waals surface area contributed by atoms with Crippen LogP contribution in [0.2, 0.25) is 0 Å². The topological polar surface area (TPSA) is 94.2 Å². The Kier molecular flexibility index (Phi) is 9.33. The van der Waals surface area contributed by atoms with Crippen LogP contribution in [-0.4, -0.2) is 66.8 Å². The van der Waals surface area contributed by atoms with Gasteiger partial charge in [0.1, 0.15) is 4.90 Å². The van der Waals surface area contributed by atoms with Gasteiger partial charge in [0, 0.05) is 25.7 Å². The molecule has 1 saturated heterocycles. The highest BCUT2D eigenvalue weighted by atomic mass is 32.2. The van der Waals surface area contributed by atoms with Crippen molar-refractivity contribution in [3.8, 4) is 11.5 Å². The third-order valence-electron chi connectivity index (χ3n) is 5.26. The van der Waals surface area contributed by atoms with E-state index in [1.807, 2.05) is 0 Å². The summed E-state index contributed by atoms with van der Waals surface area (Å²) in [4.78, 5) is 13.7. The van der Waals surface area contributed by atoms with E-state index in [1.54, 1.807) is 6.07 Å². The average Bonchev–Trinajstić information content (AvgIpc) is 2.73. The zero-order valence-electron chi connectivity index (χ0n) is 19.0. The van der Waals surface area contributed by atoms with Crippen LogP contribution in [0.5, 0.6) is 11.5 Å². The number of hydrogen-bond donors (Lipinski definition) is 1. The van der Waals surface area contributed by atoms with Crippen LogP contribution in [0.4, 0.5) is 0 Å². The van der Waals surface area contributed by atoms with Crippen molar-refractivity contribution >= 4 is 22.1 Å². The van der Waals surface area contributed by atoms with E-state index in [9.17, 15) is 13.2 Å². The summed E-state index contributed by atoms with van der Waals surface area (Å²) < 4.78 is 43.9. The number of rotatable bonds is 10. The van der Waals surface area contributed by atoms with Gasteiger partial charge in [-0.2, -0.15) is 0 Å². The number of carbonyl (C=O) groups is 1. The Bertz CT molecular complexity index is 874. The van der Waals surface area contributed by atoms with Crippen molar-refractivity contribution in [1.29, 1.82) is 0 Å². The Hall–Kier alpha value is -2.10. The molecule has 0 saturated carbocycles. The number of methoxy groups -OCH3 is 3. The van der Waals surface area contributed by atoms with E-state index in [0.717, 1.165) is 19.6 Å². The zero-order chi connectivity index (χ0) is 23.0. The number of hydrogen-bond acceptors (Lipinski definition) is 7. The molecule has 9 heteroatoms. The first-order valence-electron chi connectivity index (χ1n) is 10.4. The minimum Gasteiger partial charge on any atom is -0.493 e. The van der Waals surface area contributed by atoms with E-state index in [4.69, 9.17) is 9.47 Å². The van der Waals surface area contributed by atoms with Gasteiger partial charge in [0.25, 0.3) is 0 Å². The summed E-state index contributed by atoms with van der Waals surface area (Å²) in [5, 5.41) is 0. The molecule has 1 aliphatic rings. The lowest BCUT2D eigenvalue weighted by atomic mass is 9.92. The van der Waals surface area contributed by atoms with Crippen LogP contribution in [0.1, 0.15) is 32.3 Å². The number of nitrogens with one attached hydrogen (secondary N) is 1. The molecule has 2 rings (SSSR count). The van der Waals surface area contributed by atoms with E-state index in [1.165, 1.54) is 46.0 Å². The van der Waals surface area contributed by atoms with Gasteiger partial charge in [-0.05, 0) is 55.0 Å². The molecule has 174 valence electrons. The van der Waals surface area contributed by atoms with Gasteiger partial charge in [0.05, 0.1) is 21.3 Å². The summed E-state index contributed by atoms with van der Waals surface area (Å²) in [6, 6.07) is 3.03. The maximum Gasteiger partial charge on any atom is 0.330 e. The van der Waals surface area contributed by atoms with Gasteiger partial charge < -0.3 is 19.1 Å². The Morgan fingerprint density at radius 3 is 2.42 bits per heavy atom. The summed E-state index contributed by atoms with van der Waals surface area (Å²) in [6.07, 6.45) is 4.63. The summed E-state index contributed by atoms with van der Waals surface area (Å²) in [5.74, 6) is 1.16. The predicted octanol–water partition coefficient (Wildman–Crippen LogP) is 2.54. The number of esters is 1. The molecule has 0 bridgehead atoms. The van der Waals surface area contributed by atoms with Crippen molar-refractivity contribution in [3.05, 3.63) is 23.8 Å². The third kappa shape index (κ3) is 7.22. The van der Waals surface area contributed by atoms with Crippen molar-refractivity contribution in [3.63, 3.8) is 0 Å². The highest BCUT2D eigenvalue weighted by Gasteiger charge is 2.24. The standard InChI is InChI=1S/C22H34N2O6S/c1-16-11-17(2)15-24(14-16)10-6-9-23-31(26,27)20-13-18(7-8-21(25)29-4)12-19(28-3)22(20)30-5/h7-8,12-13,16-17,23H,6,9-11,14-15H2,1-5H3/b8-7+. The summed E-state index contributed by atoms with van der Waals surface area (Å²) in [7, 11) is 0.235. The van der Waals surface area contributed by atoms with Crippen LogP contribution in [0, 0.1) is 11.8 Å². The second kappa shape index (κ2) is 11.5. The maximum absolute atomic E-state index is 13.0. The lowest BCUT2D eigenvalue weighted by Crippen LogP contribution is -2.40. The summed E-state index contributed by atoms with van der Waals surface area (Å²) >= 11 is 0. The Labute approximate surface area is 185 Å². The molecule has 2 unspecified atom stereocenters. The van der Waals surface area contributed by atoms with E-state index >= 15 is 0 Å². The molecule has 0 radical (unpaired) electrons. The molecule has 31 heavy (non-hydrogen) atoms. The second-order valence-electron chi connectivity index (χ2n) is 8.07. The minimum atomic E-state index is -3.85. The Balaban J connectivity index is 2.12. The summed E-state index contributed by atoms with van der Waals surface area (Å²) in [6.45, 7) is 7.78. The quantitative estimate of drug-likeness (QED) is 0.330. The van der Waals surface area contributed by atoms with Crippen LogP contribution in [0.25, 0.3) is 6.08 Å². The largest absolute Gasteiger partial charge is 0.493 e. The maximum atomic E-state index is 13.0. The molecule has 0 amide bonds. The molecule has 1 aromatic carbocycles. The molecule has 0 aliphatic carbocycles. The molecular formula is C22H34N2O6S. The van der Waals surface area contributed by atoms with Gasteiger partial charge in [0.15, 0.2) is 11.5 Å². The third-order valence-corrected chi connectivity index (χ3v) is 6.72. The molecule has 1 fully saturated rings. The van der Waals surface area contributed by atoms with Crippen molar-refractivity contribution in [1.82, 2.24) is 9.62 Å². The first-order valence-corrected chi connectivity index (χ1v) is 11.9. The first-order chi connectivity index (χ1) is 14.7. The Morgan fingerprint density at radius 1 is 1.16 bits per heavy atom. The van der Waals surface area contributed by atoms with Crippen molar-refractivity contribution in [2.24, 2.45) is 11.8 Å². The molecule has 8 nitrogen and oxygen atoms in total. The highest BCUT2D eigenvalue weighted by molar-refractivity contribution is 7.89. The molecule has 0 spiro atoms.